The molecule has 0 unspecified atom stereocenters. The van der Waals surface area contributed by atoms with Crippen LogP contribution in [-0.4, -0.2) is 105 Å². The number of nitrogens with zero attached hydrogens (tertiary/aromatic N) is 1. The number of nitrogens with one attached hydrogen (secondary N) is 1. The Hall–Kier alpha value is -4.28. The fourth-order valence-corrected chi connectivity index (χ4v) is 9.85. The summed E-state index contributed by atoms with van der Waals surface area (Å²) in [4.78, 5) is 79.1. The minimum absolute atomic E-state index is 0.0349. The first-order valence-corrected chi connectivity index (χ1v) is 31.3. The highest BCUT2D eigenvalue weighted by atomic mass is 33.1. The van der Waals surface area contributed by atoms with Gasteiger partial charge in [-0.1, -0.05) is 202 Å². The quantitative estimate of drug-likeness (QED) is 0.0218. The van der Waals surface area contributed by atoms with Crippen molar-refractivity contribution in [3.8, 4) is 11.5 Å². The van der Waals surface area contributed by atoms with Crippen LogP contribution < -0.4 is 14.8 Å². The Morgan fingerprint density at radius 2 is 0.842 bits per heavy atom. The second-order valence-corrected chi connectivity index (χ2v) is 22.6. The molecule has 2 aromatic carbocycles. The van der Waals surface area contributed by atoms with Crippen molar-refractivity contribution in [1.29, 1.82) is 0 Å². The highest BCUT2D eigenvalue weighted by Crippen LogP contribution is 2.25. The van der Waals surface area contributed by atoms with E-state index in [4.69, 9.17) is 28.4 Å². The van der Waals surface area contributed by atoms with E-state index < -0.39 is 42.6 Å². The number of alkyl carbamates (subject to hydrolysis) is 1. The van der Waals surface area contributed by atoms with Gasteiger partial charge in [-0.3, -0.25) is 24.0 Å². The van der Waals surface area contributed by atoms with Crippen molar-refractivity contribution < 1.29 is 57.2 Å². The van der Waals surface area contributed by atoms with Gasteiger partial charge in [0.05, 0.1) is 12.8 Å². The molecular formula is C60H96N2O12S2. The molecular weight excluding hydrogens is 1000 g/mol. The van der Waals surface area contributed by atoms with E-state index in [9.17, 15) is 28.8 Å². The van der Waals surface area contributed by atoms with E-state index in [1.807, 2.05) is 0 Å². The number of benzene rings is 2. The molecule has 0 aromatic heterocycles. The minimum atomic E-state index is -1.53. The van der Waals surface area contributed by atoms with Crippen LogP contribution in [0.3, 0.4) is 0 Å². The van der Waals surface area contributed by atoms with Crippen LogP contribution in [0, 0.1) is 5.41 Å². The second-order valence-electron chi connectivity index (χ2n) is 19.9. The smallest absolute Gasteiger partial charge is 0.407 e. The third-order valence-electron chi connectivity index (χ3n) is 13.0. The summed E-state index contributed by atoms with van der Waals surface area (Å²) in [6.45, 7) is 12.6. The van der Waals surface area contributed by atoms with Crippen molar-refractivity contribution in [1.82, 2.24) is 10.2 Å². The third kappa shape index (κ3) is 35.2. The van der Waals surface area contributed by atoms with Gasteiger partial charge < -0.3 is 38.6 Å². The van der Waals surface area contributed by atoms with Crippen molar-refractivity contribution >= 4 is 57.5 Å². The number of hydrogen-bond acceptors (Lipinski definition) is 15. The zero-order valence-electron chi connectivity index (χ0n) is 47.2. The summed E-state index contributed by atoms with van der Waals surface area (Å²) in [6, 6.07) is 13.3. The molecule has 1 amide bonds. The lowest BCUT2D eigenvalue weighted by Crippen LogP contribution is -2.41. The van der Waals surface area contributed by atoms with Crippen LogP contribution in [0.15, 0.2) is 48.5 Å². The summed E-state index contributed by atoms with van der Waals surface area (Å²) in [6.07, 6.45) is 26.4. The number of amides is 1. The van der Waals surface area contributed by atoms with Gasteiger partial charge >= 0.3 is 35.9 Å². The molecule has 0 saturated heterocycles. The molecule has 0 fully saturated rings. The van der Waals surface area contributed by atoms with Gasteiger partial charge in [-0.05, 0) is 68.2 Å². The molecule has 430 valence electrons. The summed E-state index contributed by atoms with van der Waals surface area (Å²) in [5.74, 6) is -0.773. The van der Waals surface area contributed by atoms with Crippen LogP contribution in [0.1, 0.15) is 200 Å². The molecule has 0 saturated carbocycles. The van der Waals surface area contributed by atoms with Crippen molar-refractivity contribution in [2.75, 3.05) is 64.1 Å². The summed E-state index contributed by atoms with van der Waals surface area (Å²) in [5, 5.41) is 2.75. The van der Waals surface area contributed by atoms with Crippen LogP contribution in [0.5, 0.6) is 11.5 Å². The molecule has 0 aliphatic carbocycles. The Kier molecular flexibility index (Phi) is 39.9. The number of unbranched alkanes of at least 4 members (excludes halogenated alkanes) is 20. The number of hydrogen-bond donors (Lipinski definition) is 1. The maximum absolute atomic E-state index is 13.6. The molecule has 0 atom stereocenters. The molecule has 14 nitrogen and oxygen atoms in total. The first-order chi connectivity index (χ1) is 36.9. The highest BCUT2D eigenvalue weighted by Gasteiger charge is 2.39. The Balaban J connectivity index is 1.85. The molecule has 2 rings (SSSR count). The van der Waals surface area contributed by atoms with Gasteiger partial charge in [0.25, 0.3) is 0 Å². The molecule has 0 spiro atoms. The van der Waals surface area contributed by atoms with Crippen LogP contribution in [0.25, 0.3) is 0 Å². The van der Waals surface area contributed by atoms with Crippen LogP contribution in [0.2, 0.25) is 0 Å². The maximum atomic E-state index is 13.6. The average molecular weight is 1100 g/mol. The highest BCUT2D eigenvalue weighted by molar-refractivity contribution is 8.76. The molecule has 0 heterocycles. The molecule has 0 aliphatic heterocycles. The van der Waals surface area contributed by atoms with Gasteiger partial charge in [-0.15, -0.1) is 0 Å². The lowest BCUT2D eigenvalue weighted by atomic mass is 9.93. The molecule has 2 aromatic rings. The zero-order chi connectivity index (χ0) is 55.3. The van der Waals surface area contributed by atoms with Crippen molar-refractivity contribution in [2.45, 2.75) is 202 Å². The van der Waals surface area contributed by atoms with Crippen LogP contribution in [0.4, 0.5) is 4.79 Å². The number of carbonyl (C=O) groups is 6. The van der Waals surface area contributed by atoms with E-state index in [0.717, 1.165) is 58.2 Å². The SMILES string of the molecule is CCCCCCCCCCCCCC(=O)Oc1ccc(CC(=O)OCC(C)(COC(=O)Cc2ccc(OC(=O)CCCCCCCCCCCCC)cc2)C(=O)OCCSSCCOC(=O)NCCN(CC)CC)cc1. The summed E-state index contributed by atoms with van der Waals surface area (Å²) in [7, 11) is 2.91. The molecule has 16 heteroatoms. The van der Waals surface area contributed by atoms with E-state index in [1.54, 1.807) is 48.5 Å². The Morgan fingerprint density at radius 3 is 1.22 bits per heavy atom. The first kappa shape index (κ1) is 67.8. The van der Waals surface area contributed by atoms with Gasteiger partial charge in [0.1, 0.15) is 43.3 Å². The van der Waals surface area contributed by atoms with E-state index in [0.29, 0.717) is 53.5 Å². The minimum Gasteiger partial charge on any atom is -0.464 e. The standard InChI is InChI=1S/C60H96N2O12S2/c1-6-10-12-14-16-18-20-22-24-26-28-30-54(63)73-52-36-32-50(33-37-52)46-56(65)71-48-60(5,58(67)69-42-44-75-76-45-43-70-59(68)61-40-41-62(8-3)9-4)49-72-57(66)47-51-34-38-53(39-35-51)74-55(64)31-29-27-25-23-21-19-17-15-13-11-7-2/h32-39H,6-31,40-49H2,1-5H3,(H,61,68). The molecule has 0 aliphatic rings. The summed E-state index contributed by atoms with van der Waals surface area (Å²) >= 11 is 0. The predicted molar refractivity (Wildman–Crippen MR) is 307 cm³/mol. The number of carbonyl (C=O) groups excluding carboxylic acids is 6. The molecule has 1 N–H and O–H groups in total. The fourth-order valence-electron chi connectivity index (χ4n) is 8.19. The Bertz CT molecular complexity index is 1760. The summed E-state index contributed by atoms with van der Waals surface area (Å²) in [5.41, 5.74) is -0.299. The number of esters is 5. The lowest BCUT2D eigenvalue weighted by Gasteiger charge is -2.26. The van der Waals surface area contributed by atoms with Gasteiger partial charge in [-0.2, -0.15) is 0 Å². The number of ether oxygens (including phenoxy) is 6. The third-order valence-corrected chi connectivity index (χ3v) is 15.4. The second kappa shape index (κ2) is 44.7. The normalized spacial score (nSPS) is 11.3. The van der Waals surface area contributed by atoms with Crippen LogP contribution >= 0.6 is 21.6 Å². The first-order valence-electron chi connectivity index (χ1n) is 28.9. The van der Waals surface area contributed by atoms with Gasteiger partial charge in [0.15, 0.2) is 0 Å². The van der Waals surface area contributed by atoms with E-state index in [1.165, 1.54) is 131 Å². The fraction of sp³-hybridized carbons (Fsp3) is 0.700. The average Bonchev–Trinajstić information content (AvgIpc) is 3.41. The van der Waals surface area contributed by atoms with Crippen molar-refractivity contribution in [3.63, 3.8) is 0 Å². The number of likely N-dealkylation sites (N-methyl/N-ethyl adjacent to an activating group) is 1. The summed E-state index contributed by atoms with van der Waals surface area (Å²) < 4.78 is 33.1. The predicted octanol–water partition coefficient (Wildman–Crippen LogP) is 13.8. The van der Waals surface area contributed by atoms with Gasteiger partial charge in [0.2, 0.25) is 0 Å². The molecule has 0 bridgehead atoms. The van der Waals surface area contributed by atoms with E-state index in [-0.39, 0.29) is 38.0 Å². The maximum Gasteiger partial charge on any atom is 0.407 e. The van der Waals surface area contributed by atoms with E-state index >= 15 is 0 Å². The molecule has 0 radical (unpaired) electrons. The number of rotatable bonds is 47. The lowest BCUT2D eigenvalue weighted by molar-refractivity contribution is -0.169. The molecule has 76 heavy (non-hydrogen) atoms. The topological polar surface area (TPSA) is 173 Å². The van der Waals surface area contributed by atoms with E-state index in [2.05, 4.69) is 37.9 Å². The van der Waals surface area contributed by atoms with Gasteiger partial charge in [0, 0.05) is 37.4 Å². The Labute approximate surface area is 465 Å². The van der Waals surface area contributed by atoms with Crippen molar-refractivity contribution in [3.05, 3.63) is 59.7 Å². The largest absolute Gasteiger partial charge is 0.464 e. The monoisotopic (exact) mass is 1100 g/mol. The van der Waals surface area contributed by atoms with Crippen LogP contribution in [-0.2, 0) is 55.8 Å². The zero-order valence-corrected chi connectivity index (χ0v) is 48.9. The Morgan fingerprint density at radius 1 is 0.474 bits per heavy atom. The van der Waals surface area contributed by atoms with Gasteiger partial charge in [-0.25, -0.2) is 4.79 Å². The van der Waals surface area contributed by atoms with Crippen molar-refractivity contribution in [2.24, 2.45) is 5.41 Å².